The Morgan fingerprint density at radius 1 is 1.13 bits per heavy atom. The number of nitrogens with one attached hydrogen (secondary N) is 1. The second-order valence-corrected chi connectivity index (χ2v) is 12.0. The number of alkyl halides is 3. The molecule has 1 aliphatic heterocycles. The van der Waals surface area contributed by atoms with Gasteiger partial charge in [0.05, 0.1) is 32.7 Å². The summed E-state index contributed by atoms with van der Waals surface area (Å²) in [4.78, 5) is 18.7. The van der Waals surface area contributed by atoms with Crippen LogP contribution in [0.1, 0.15) is 50.6 Å². The molecule has 1 unspecified atom stereocenters. The fraction of sp³-hybridized carbons (Fsp3) is 0.481. The Bertz CT molecular complexity index is 1360. The number of nitrogens with zero attached hydrogens (tertiary/aromatic N) is 3. The van der Waals surface area contributed by atoms with Gasteiger partial charge in [-0.2, -0.15) is 13.2 Å². The minimum atomic E-state index is -4.24. The van der Waals surface area contributed by atoms with Crippen LogP contribution in [0.2, 0.25) is 15.1 Å². The molecule has 0 bridgehead atoms. The average molecular weight is 590 g/mol. The number of aryl methyl sites for hydroxylation is 1. The Labute approximate surface area is 235 Å². The molecule has 1 atom stereocenters. The monoisotopic (exact) mass is 588 g/mol. The van der Waals surface area contributed by atoms with Crippen molar-refractivity contribution in [2.45, 2.75) is 52.8 Å². The number of benzene rings is 2. The summed E-state index contributed by atoms with van der Waals surface area (Å²) in [5, 5.41) is 4.18. The normalized spacial score (nSPS) is 16.8. The molecule has 1 aromatic heterocycles. The van der Waals surface area contributed by atoms with Gasteiger partial charge in [-0.05, 0) is 42.2 Å². The van der Waals surface area contributed by atoms with Crippen LogP contribution in [-0.2, 0) is 24.8 Å². The van der Waals surface area contributed by atoms with Crippen molar-refractivity contribution < 1.29 is 18.0 Å². The third-order valence-electron chi connectivity index (χ3n) is 6.99. The summed E-state index contributed by atoms with van der Waals surface area (Å²) in [6.07, 6.45) is -3.36. The van der Waals surface area contributed by atoms with E-state index >= 15 is 0 Å². The van der Waals surface area contributed by atoms with Crippen LogP contribution in [0, 0.1) is 11.3 Å². The maximum Gasteiger partial charge on any atom is 0.393 e. The number of fused-ring (bicyclic) bond motifs is 1. The van der Waals surface area contributed by atoms with Crippen LogP contribution < -0.4 is 10.2 Å². The zero-order valence-corrected chi connectivity index (χ0v) is 23.9. The molecule has 1 saturated heterocycles. The molecule has 11 heteroatoms. The first-order valence-electron chi connectivity index (χ1n) is 12.4. The van der Waals surface area contributed by atoms with Crippen molar-refractivity contribution >= 4 is 57.4 Å². The number of hydrogen-bond acceptors (Lipinski definition) is 3. The highest BCUT2D eigenvalue weighted by atomic mass is 35.5. The van der Waals surface area contributed by atoms with Crippen molar-refractivity contribution in [2.24, 2.45) is 18.4 Å². The number of amides is 1. The SMILES string of the molecule is Cn1c(Cc2c(Cl)ccc(CNC(=O)C(C)(C)C)c2Cl)nc2cc(Cl)c(N3CCCC(C(F)(F)F)C3)cc21. The van der Waals surface area contributed by atoms with Gasteiger partial charge in [0.25, 0.3) is 0 Å². The van der Waals surface area contributed by atoms with Crippen LogP contribution in [0.5, 0.6) is 0 Å². The molecule has 5 nitrogen and oxygen atoms in total. The molecule has 38 heavy (non-hydrogen) atoms. The fourth-order valence-electron chi connectivity index (χ4n) is 4.66. The van der Waals surface area contributed by atoms with E-state index < -0.39 is 17.5 Å². The van der Waals surface area contributed by atoms with Crippen molar-refractivity contribution in [3.63, 3.8) is 0 Å². The molecule has 1 N–H and O–H groups in total. The van der Waals surface area contributed by atoms with E-state index in [1.165, 1.54) is 0 Å². The first-order valence-corrected chi connectivity index (χ1v) is 13.5. The highest BCUT2D eigenvalue weighted by Gasteiger charge is 2.42. The van der Waals surface area contributed by atoms with E-state index in [-0.39, 0.29) is 25.4 Å². The molecule has 3 aromatic rings. The van der Waals surface area contributed by atoms with Gasteiger partial charge in [-0.25, -0.2) is 4.98 Å². The van der Waals surface area contributed by atoms with E-state index in [2.05, 4.69) is 5.32 Å². The van der Waals surface area contributed by atoms with E-state index in [0.29, 0.717) is 57.0 Å². The predicted octanol–water partition coefficient (Wildman–Crippen LogP) is 7.57. The number of carbonyl (C=O) groups is 1. The van der Waals surface area contributed by atoms with Gasteiger partial charge < -0.3 is 14.8 Å². The Balaban J connectivity index is 1.62. The molecule has 4 rings (SSSR count). The highest BCUT2D eigenvalue weighted by Crippen LogP contribution is 2.39. The second-order valence-electron chi connectivity index (χ2n) is 10.8. The smallest absolute Gasteiger partial charge is 0.370 e. The first kappa shape index (κ1) is 28.8. The number of hydrogen-bond donors (Lipinski definition) is 1. The Morgan fingerprint density at radius 3 is 2.50 bits per heavy atom. The van der Waals surface area contributed by atoms with Crippen molar-refractivity contribution in [2.75, 3.05) is 18.0 Å². The molecule has 206 valence electrons. The summed E-state index contributed by atoms with van der Waals surface area (Å²) in [7, 11) is 1.84. The molecule has 1 amide bonds. The van der Waals surface area contributed by atoms with E-state index in [1.54, 1.807) is 29.2 Å². The molecule has 0 spiro atoms. The standard InChI is InChI=1S/C27H30Cl3F3N4O/c1-26(2,3)25(38)34-13-15-7-8-18(28)17(24(15)30)10-23-35-20-11-19(29)21(12-22(20)36(23)4)37-9-5-6-16(14-37)27(31,32)33/h7-8,11-12,16H,5-6,9-10,13-14H2,1-4H3,(H,34,38). The predicted molar refractivity (Wildman–Crippen MR) is 147 cm³/mol. The summed E-state index contributed by atoms with van der Waals surface area (Å²) < 4.78 is 42.0. The summed E-state index contributed by atoms with van der Waals surface area (Å²) in [5.74, 6) is -0.807. The summed E-state index contributed by atoms with van der Waals surface area (Å²) in [6, 6.07) is 7.01. The number of aromatic nitrogens is 2. The average Bonchev–Trinajstić information content (AvgIpc) is 3.13. The molecular weight excluding hydrogens is 560 g/mol. The van der Waals surface area contributed by atoms with E-state index in [1.807, 2.05) is 32.4 Å². The number of carbonyl (C=O) groups excluding carboxylic acids is 1. The van der Waals surface area contributed by atoms with Gasteiger partial charge in [-0.1, -0.05) is 61.6 Å². The Morgan fingerprint density at radius 2 is 1.84 bits per heavy atom. The van der Waals surface area contributed by atoms with E-state index in [4.69, 9.17) is 39.8 Å². The van der Waals surface area contributed by atoms with Gasteiger partial charge in [-0.15, -0.1) is 0 Å². The van der Waals surface area contributed by atoms with Gasteiger partial charge in [0.2, 0.25) is 5.91 Å². The topological polar surface area (TPSA) is 50.2 Å². The third kappa shape index (κ3) is 6.02. The molecule has 1 fully saturated rings. The van der Waals surface area contributed by atoms with Gasteiger partial charge in [0, 0.05) is 43.5 Å². The Hall–Kier alpha value is -2.16. The lowest BCUT2D eigenvalue weighted by Gasteiger charge is -2.35. The second kappa shape index (κ2) is 10.8. The molecule has 0 saturated carbocycles. The minimum Gasteiger partial charge on any atom is -0.370 e. The summed E-state index contributed by atoms with van der Waals surface area (Å²) >= 11 is 19.8. The zero-order chi connectivity index (χ0) is 28.0. The van der Waals surface area contributed by atoms with E-state index in [0.717, 1.165) is 11.1 Å². The number of rotatable bonds is 5. The molecule has 2 heterocycles. The molecule has 0 aliphatic carbocycles. The van der Waals surface area contributed by atoms with Crippen LogP contribution in [0.4, 0.5) is 18.9 Å². The fourth-order valence-corrected chi connectivity index (χ4v) is 5.51. The molecule has 1 aliphatic rings. The van der Waals surface area contributed by atoms with Crippen molar-refractivity contribution in [1.82, 2.24) is 14.9 Å². The quantitative estimate of drug-likeness (QED) is 0.334. The lowest BCUT2D eigenvalue weighted by atomic mass is 9.95. The first-order chi connectivity index (χ1) is 17.7. The maximum atomic E-state index is 13.4. The lowest BCUT2D eigenvalue weighted by Crippen LogP contribution is -2.41. The van der Waals surface area contributed by atoms with Gasteiger partial charge in [-0.3, -0.25) is 4.79 Å². The molecule has 2 aromatic carbocycles. The summed E-state index contributed by atoms with van der Waals surface area (Å²) in [5.41, 5.74) is 2.81. The van der Waals surface area contributed by atoms with Crippen LogP contribution in [0.3, 0.4) is 0 Å². The lowest BCUT2D eigenvalue weighted by molar-refractivity contribution is -0.176. The number of anilines is 1. The minimum absolute atomic E-state index is 0.0941. The van der Waals surface area contributed by atoms with Gasteiger partial charge in [0.1, 0.15) is 5.82 Å². The van der Waals surface area contributed by atoms with Crippen molar-refractivity contribution in [3.8, 4) is 0 Å². The largest absolute Gasteiger partial charge is 0.393 e. The van der Waals surface area contributed by atoms with Crippen LogP contribution in [-0.4, -0.2) is 34.7 Å². The van der Waals surface area contributed by atoms with Gasteiger partial charge in [0.15, 0.2) is 0 Å². The Kier molecular flexibility index (Phi) is 8.18. The summed E-state index contributed by atoms with van der Waals surface area (Å²) in [6.45, 7) is 6.15. The number of piperidine rings is 1. The molecule has 0 radical (unpaired) electrons. The molecular formula is C27H30Cl3F3N4O. The third-order valence-corrected chi connectivity index (χ3v) is 8.12. The van der Waals surface area contributed by atoms with Crippen LogP contribution in [0.15, 0.2) is 24.3 Å². The van der Waals surface area contributed by atoms with Crippen molar-refractivity contribution in [1.29, 1.82) is 0 Å². The van der Waals surface area contributed by atoms with Gasteiger partial charge >= 0.3 is 6.18 Å². The number of imidazole rings is 1. The van der Waals surface area contributed by atoms with Crippen LogP contribution >= 0.6 is 34.8 Å². The zero-order valence-electron chi connectivity index (χ0n) is 21.6. The number of halogens is 6. The maximum absolute atomic E-state index is 13.4. The van der Waals surface area contributed by atoms with Crippen LogP contribution in [0.25, 0.3) is 11.0 Å². The highest BCUT2D eigenvalue weighted by molar-refractivity contribution is 6.36. The van der Waals surface area contributed by atoms with Crippen molar-refractivity contribution in [3.05, 3.63) is 56.3 Å². The van der Waals surface area contributed by atoms with E-state index in [9.17, 15) is 18.0 Å².